The van der Waals surface area contributed by atoms with Gasteiger partial charge in [-0.25, -0.2) is 4.79 Å². The van der Waals surface area contributed by atoms with Crippen LogP contribution in [0.2, 0.25) is 0 Å². The van der Waals surface area contributed by atoms with Gasteiger partial charge in [-0.2, -0.15) is 0 Å². The standard InChI is InChI=1S/C25H19NO6/c1-29-23(27)16-6-4-5-15(9-16)12-26-19-8-3-2-7-17(19)25(24(26)28)13-30-20-11-22-21(10-18(20)25)31-14-32-22/h2-11H,12-14H2,1H3. The molecule has 1 spiro atoms. The maximum atomic E-state index is 14.0. The Morgan fingerprint density at radius 3 is 2.62 bits per heavy atom. The van der Waals surface area contributed by atoms with Crippen LogP contribution in [0.1, 0.15) is 27.0 Å². The second-order valence-electron chi connectivity index (χ2n) is 8.00. The number of amides is 1. The summed E-state index contributed by atoms with van der Waals surface area (Å²) in [6.45, 7) is 0.681. The minimum Gasteiger partial charge on any atom is -0.491 e. The molecular weight excluding hydrogens is 410 g/mol. The topological polar surface area (TPSA) is 74.3 Å². The molecule has 3 aliphatic rings. The molecule has 0 saturated carbocycles. The van der Waals surface area contributed by atoms with Gasteiger partial charge in [-0.1, -0.05) is 30.3 Å². The summed E-state index contributed by atoms with van der Waals surface area (Å²) in [5.74, 6) is 1.39. The highest BCUT2D eigenvalue weighted by molar-refractivity contribution is 6.11. The Hall–Kier alpha value is -4.00. The summed E-state index contributed by atoms with van der Waals surface area (Å²) in [5.41, 5.74) is 2.83. The van der Waals surface area contributed by atoms with E-state index in [1.165, 1.54) is 7.11 Å². The van der Waals surface area contributed by atoms with Crippen molar-refractivity contribution in [2.75, 3.05) is 25.4 Å². The lowest BCUT2D eigenvalue weighted by molar-refractivity contribution is -0.122. The van der Waals surface area contributed by atoms with E-state index >= 15 is 0 Å². The highest BCUT2D eigenvalue weighted by atomic mass is 16.7. The predicted octanol–water partition coefficient (Wildman–Crippen LogP) is 3.43. The van der Waals surface area contributed by atoms with Crippen molar-refractivity contribution in [3.8, 4) is 17.2 Å². The number of hydrogen-bond donors (Lipinski definition) is 0. The summed E-state index contributed by atoms with van der Waals surface area (Å²) in [6.07, 6.45) is 0. The fraction of sp³-hybridized carbons (Fsp3) is 0.200. The number of hydrogen-bond acceptors (Lipinski definition) is 6. The molecule has 1 amide bonds. The third-order valence-corrected chi connectivity index (χ3v) is 6.33. The molecular formula is C25H19NO6. The lowest BCUT2D eigenvalue weighted by Gasteiger charge is -2.23. The summed E-state index contributed by atoms with van der Waals surface area (Å²) in [6, 6.07) is 18.6. The molecule has 1 unspecified atom stereocenters. The van der Waals surface area contributed by atoms with Crippen LogP contribution < -0.4 is 19.1 Å². The van der Waals surface area contributed by atoms with Crippen LogP contribution in [0.15, 0.2) is 60.7 Å². The first-order valence-electron chi connectivity index (χ1n) is 10.3. The molecule has 3 aliphatic heterocycles. The van der Waals surface area contributed by atoms with Crippen molar-refractivity contribution in [1.82, 2.24) is 0 Å². The molecule has 0 aromatic heterocycles. The number of rotatable bonds is 3. The highest BCUT2D eigenvalue weighted by Crippen LogP contribution is 2.55. The van der Waals surface area contributed by atoms with Crippen molar-refractivity contribution in [2.45, 2.75) is 12.0 Å². The minimum absolute atomic E-state index is 0.0696. The van der Waals surface area contributed by atoms with Gasteiger partial charge in [-0.3, -0.25) is 4.79 Å². The van der Waals surface area contributed by atoms with Gasteiger partial charge < -0.3 is 23.8 Å². The van der Waals surface area contributed by atoms with Crippen molar-refractivity contribution < 1.29 is 28.5 Å². The SMILES string of the molecule is COC(=O)c1cccc(CN2C(=O)C3(COc4cc5c(cc43)OCO5)c3ccccc32)c1. The molecule has 0 saturated heterocycles. The normalized spacial score (nSPS) is 19.7. The number of fused-ring (bicyclic) bond motifs is 5. The van der Waals surface area contributed by atoms with Gasteiger partial charge in [0.05, 0.1) is 19.2 Å². The van der Waals surface area contributed by atoms with Crippen molar-refractivity contribution in [3.63, 3.8) is 0 Å². The van der Waals surface area contributed by atoms with E-state index in [0.29, 0.717) is 29.4 Å². The van der Waals surface area contributed by atoms with Crippen LogP contribution in [-0.4, -0.2) is 32.4 Å². The summed E-state index contributed by atoms with van der Waals surface area (Å²) in [5, 5.41) is 0. The number of benzene rings is 3. The zero-order valence-electron chi connectivity index (χ0n) is 17.3. The zero-order chi connectivity index (χ0) is 21.9. The quantitative estimate of drug-likeness (QED) is 0.594. The maximum Gasteiger partial charge on any atom is 0.337 e. The third-order valence-electron chi connectivity index (χ3n) is 6.33. The molecule has 7 nitrogen and oxygen atoms in total. The number of carbonyl (C=O) groups is 2. The number of anilines is 1. The molecule has 6 rings (SSSR count). The molecule has 32 heavy (non-hydrogen) atoms. The number of methoxy groups -OCH3 is 1. The van der Waals surface area contributed by atoms with Crippen LogP contribution in [0.5, 0.6) is 17.2 Å². The summed E-state index contributed by atoms with van der Waals surface area (Å²) < 4.78 is 21.9. The first kappa shape index (κ1) is 18.7. The van der Waals surface area contributed by atoms with Crippen LogP contribution in [0.4, 0.5) is 5.69 Å². The molecule has 0 fully saturated rings. The molecule has 3 aromatic rings. The Morgan fingerprint density at radius 2 is 1.78 bits per heavy atom. The number of para-hydroxylation sites is 1. The molecule has 1 atom stereocenters. The summed E-state index contributed by atoms with van der Waals surface area (Å²) in [7, 11) is 1.35. The van der Waals surface area contributed by atoms with Gasteiger partial charge in [-0.15, -0.1) is 0 Å². The van der Waals surface area contributed by atoms with Gasteiger partial charge in [0.2, 0.25) is 12.7 Å². The van der Waals surface area contributed by atoms with Crippen LogP contribution in [-0.2, 0) is 21.5 Å². The Bertz CT molecular complexity index is 1290. The molecule has 7 heteroatoms. The second kappa shape index (κ2) is 6.75. The van der Waals surface area contributed by atoms with Crippen LogP contribution in [0.25, 0.3) is 0 Å². The zero-order valence-corrected chi connectivity index (χ0v) is 17.3. The van der Waals surface area contributed by atoms with Gasteiger partial charge in [0.15, 0.2) is 11.5 Å². The third kappa shape index (κ3) is 2.48. The van der Waals surface area contributed by atoms with Crippen LogP contribution in [0.3, 0.4) is 0 Å². The Kier molecular flexibility index (Phi) is 3.95. The summed E-state index contributed by atoms with van der Waals surface area (Å²) in [4.78, 5) is 27.7. The first-order chi connectivity index (χ1) is 15.6. The largest absolute Gasteiger partial charge is 0.491 e. The lowest BCUT2D eigenvalue weighted by atomic mass is 9.77. The average Bonchev–Trinajstić information content (AvgIpc) is 3.50. The van der Waals surface area contributed by atoms with E-state index in [2.05, 4.69) is 0 Å². The molecule has 0 bridgehead atoms. The molecule has 3 aromatic carbocycles. The lowest BCUT2D eigenvalue weighted by Crippen LogP contribution is -2.42. The predicted molar refractivity (Wildman–Crippen MR) is 114 cm³/mol. The number of esters is 1. The van der Waals surface area contributed by atoms with Crippen LogP contribution >= 0.6 is 0 Å². The molecule has 0 radical (unpaired) electrons. The second-order valence-corrected chi connectivity index (χ2v) is 8.00. The van der Waals surface area contributed by atoms with E-state index in [-0.39, 0.29) is 19.3 Å². The van der Waals surface area contributed by atoms with Crippen molar-refractivity contribution in [2.24, 2.45) is 0 Å². The average molecular weight is 429 g/mol. The van der Waals surface area contributed by atoms with Crippen molar-refractivity contribution in [1.29, 1.82) is 0 Å². The number of nitrogens with zero attached hydrogens (tertiary/aromatic N) is 1. The molecule has 3 heterocycles. The minimum atomic E-state index is -0.952. The number of carbonyl (C=O) groups excluding carboxylic acids is 2. The molecule has 0 N–H and O–H groups in total. The Labute approximate surface area is 184 Å². The van der Waals surface area contributed by atoms with E-state index in [0.717, 1.165) is 22.4 Å². The van der Waals surface area contributed by atoms with Gasteiger partial charge in [0.1, 0.15) is 17.8 Å². The monoisotopic (exact) mass is 429 g/mol. The number of ether oxygens (including phenoxy) is 4. The van der Waals surface area contributed by atoms with Crippen LogP contribution in [0, 0.1) is 0 Å². The molecule has 160 valence electrons. The van der Waals surface area contributed by atoms with E-state index in [1.807, 2.05) is 36.4 Å². The smallest absolute Gasteiger partial charge is 0.337 e. The first-order valence-corrected chi connectivity index (χ1v) is 10.3. The Balaban J connectivity index is 1.44. The van der Waals surface area contributed by atoms with Gasteiger partial charge in [-0.05, 0) is 35.4 Å². The van der Waals surface area contributed by atoms with E-state index < -0.39 is 11.4 Å². The summed E-state index contributed by atoms with van der Waals surface area (Å²) >= 11 is 0. The van der Waals surface area contributed by atoms with Gasteiger partial charge in [0.25, 0.3) is 0 Å². The maximum absolute atomic E-state index is 14.0. The van der Waals surface area contributed by atoms with Crippen molar-refractivity contribution in [3.05, 3.63) is 82.9 Å². The van der Waals surface area contributed by atoms with Gasteiger partial charge in [0, 0.05) is 17.3 Å². The Morgan fingerprint density at radius 1 is 0.969 bits per heavy atom. The fourth-order valence-corrected chi connectivity index (χ4v) is 4.82. The van der Waals surface area contributed by atoms with E-state index in [1.54, 1.807) is 29.2 Å². The highest BCUT2D eigenvalue weighted by Gasteiger charge is 2.57. The fourth-order valence-electron chi connectivity index (χ4n) is 4.82. The van der Waals surface area contributed by atoms with E-state index in [4.69, 9.17) is 18.9 Å². The van der Waals surface area contributed by atoms with Crippen molar-refractivity contribution >= 4 is 17.6 Å². The van der Waals surface area contributed by atoms with Gasteiger partial charge >= 0.3 is 5.97 Å². The molecule has 0 aliphatic carbocycles. The van der Waals surface area contributed by atoms with E-state index in [9.17, 15) is 9.59 Å².